The van der Waals surface area contributed by atoms with Crippen molar-refractivity contribution in [1.82, 2.24) is 4.90 Å². The third kappa shape index (κ3) is 3.66. The smallest absolute Gasteiger partial charge is 0.248 e. The van der Waals surface area contributed by atoms with Gasteiger partial charge in [0.1, 0.15) is 0 Å². The van der Waals surface area contributed by atoms with Crippen LogP contribution in [0.2, 0.25) is 0 Å². The van der Waals surface area contributed by atoms with Crippen LogP contribution in [0.5, 0.6) is 0 Å². The second-order valence-corrected chi connectivity index (χ2v) is 3.79. The van der Waals surface area contributed by atoms with Gasteiger partial charge in [-0.25, -0.2) is 0 Å². The van der Waals surface area contributed by atoms with Gasteiger partial charge in [-0.05, 0) is 18.9 Å². The molecule has 0 saturated carbocycles. The largest absolute Gasteiger partial charge is 0.370 e. The SMILES string of the molecule is COC1C=CC(=O)N1CCCCCC(N)=O. The number of primary amides is 1. The first-order valence-electron chi connectivity index (χ1n) is 5.45. The lowest BCUT2D eigenvalue weighted by Crippen LogP contribution is -2.35. The lowest BCUT2D eigenvalue weighted by Gasteiger charge is -2.23. The van der Waals surface area contributed by atoms with Gasteiger partial charge < -0.3 is 15.4 Å². The van der Waals surface area contributed by atoms with E-state index in [0.29, 0.717) is 13.0 Å². The van der Waals surface area contributed by atoms with E-state index in [1.54, 1.807) is 18.1 Å². The Morgan fingerprint density at radius 2 is 2.25 bits per heavy atom. The molecular weight excluding hydrogens is 208 g/mol. The van der Waals surface area contributed by atoms with E-state index in [1.807, 2.05) is 0 Å². The Kier molecular flexibility index (Phi) is 4.98. The lowest BCUT2D eigenvalue weighted by molar-refractivity contribution is -0.132. The van der Waals surface area contributed by atoms with E-state index < -0.39 is 0 Å². The monoisotopic (exact) mass is 226 g/mol. The topological polar surface area (TPSA) is 72.6 Å². The standard InChI is InChI=1S/C11H18N2O3/c1-16-11-7-6-10(15)13(11)8-4-2-3-5-9(12)14/h6-7,11H,2-5,8H2,1H3,(H2,12,14). The number of nitrogens with two attached hydrogens (primary N) is 1. The van der Waals surface area contributed by atoms with Crippen molar-refractivity contribution in [3.63, 3.8) is 0 Å². The first kappa shape index (κ1) is 12.7. The van der Waals surface area contributed by atoms with Crippen LogP contribution < -0.4 is 5.73 Å². The molecule has 0 radical (unpaired) electrons. The molecule has 0 aromatic rings. The number of carbonyl (C=O) groups is 2. The molecule has 2 N–H and O–H groups in total. The van der Waals surface area contributed by atoms with Gasteiger partial charge in [0.2, 0.25) is 11.8 Å². The molecule has 1 unspecified atom stereocenters. The molecule has 1 aliphatic rings. The van der Waals surface area contributed by atoms with Crippen molar-refractivity contribution in [2.24, 2.45) is 5.73 Å². The molecule has 1 atom stereocenters. The average molecular weight is 226 g/mol. The molecule has 0 aromatic carbocycles. The Morgan fingerprint density at radius 3 is 2.88 bits per heavy atom. The van der Waals surface area contributed by atoms with Gasteiger partial charge in [-0.3, -0.25) is 9.59 Å². The van der Waals surface area contributed by atoms with Crippen LogP contribution in [-0.4, -0.2) is 36.6 Å². The number of methoxy groups -OCH3 is 1. The fourth-order valence-corrected chi connectivity index (χ4v) is 1.69. The van der Waals surface area contributed by atoms with Crippen molar-refractivity contribution in [1.29, 1.82) is 0 Å². The molecule has 1 rings (SSSR count). The Balaban J connectivity index is 2.17. The molecular formula is C11H18N2O3. The van der Waals surface area contributed by atoms with Crippen LogP contribution in [0.1, 0.15) is 25.7 Å². The summed E-state index contributed by atoms with van der Waals surface area (Å²) in [5, 5.41) is 0. The first-order chi connectivity index (χ1) is 7.65. The van der Waals surface area contributed by atoms with Gasteiger partial charge in [-0.1, -0.05) is 6.42 Å². The molecule has 16 heavy (non-hydrogen) atoms. The molecule has 1 aliphatic heterocycles. The van der Waals surface area contributed by atoms with E-state index in [1.165, 1.54) is 6.08 Å². The maximum Gasteiger partial charge on any atom is 0.248 e. The van der Waals surface area contributed by atoms with Crippen LogP contribution in [0.4, 0.5) is 0 Å². The third-order valence-corrected chi connectivity index (χ3v) is 2.56. The summed E-state index contributed by atoms with van der Waals surface area (Å²) >= 11 is 0. The van der Waals surface area contributed by atoms with E-state index in [9.17, 15) is 9.59 Å². The zero-order valence-corrected chi connectivity index (χ0v) is 9.52. The second kappa shape index (κ2) is 6.27. The van der Waals surface area contributed by atoms with Crippen LogP contribution in [-0.2, 0) is 14.3 Å². The molecule has 0 aromatic heterocycles. The van der Waals surface area contributed by atoms with Gasteiger partial charge in [0, 0.05) is 26.2 Å². The number of rotatable bonds is 7. The minimum atomic E-state index is -0.270. The number of nitrogens with zero attached hydrogens (tertiary/aromatic N) is 1. The summed E-state index contributed by atoms with van der Waals surface area (Å²) in [5.74, 6) is -0.282. The van der Waals surface area contributed by atoms with Gasteiger partial charge >= 0.3 is 0 Å². The molecule has 1 heterocycles. The summed E-state index contributed by atoms with van der Waals surface area (Å²) in [6, 6.07) is 0. The van der Waals surface area contributed by atoms with Gasteiger partial charge in [0.25, 0.3) is 0 Å². The average Bonchev–Trinajstić information content (AvgIpc) is 2.59. The number of carbonyl (C=O) groups excluding carboxylic acids is 2. The number of amides is 2. The minimum absolute atomic E-state index is 0.0123. The number of ether oxygens (including phenoxy) is 1. The lowest BCUT2D eigenvalue weighted by atomic mass is 10.2. The highest BCUT2D eigenvalue weighted by molar-refractivity contribution is 5.90. The van der Waals surface area contributed by atoms with Crippen molar-refractivity contribution < 1.29 is 14.3 Å². The van der Waals surface area contributed by atoms with Crippen molar-refractivity contribution in [2.75, 3.05) is 13.7 Å². The van der Waals surface area contributed by atoms with Crippen molar-refractivity contribution in [3.8, 4) is 0 Å². The predicted octanol–water partition coefficient (Wildman–Crippen LogP) is 0.403. The summed E-state index contributed by atoms with van der Waals surface area (Å²) in [6.45, 7) is 0.656. The van der Waals surface area contributed by atoms with Crippen molar-refractivity contribution >= 4 is 11.8 Å². The molecule has 0 saturated heterocycles. The summed E-state index contributed by atoms with van der Waals surface area (Å²) in [4.78, 5) is 23.6. The van der Waals surface area contributed by atoms with Gasteiger partial charge in [-0.2, -0.15) is 0 Å². The van der Waals surface area contributed by atoms with E-state index in [2.05, 4.69) is 0 Å². The van der Waals surface area contributed by atoms with Gasteiger partial charge in [0.05, 0.1) is 0 Å². The highest BCUT2D eigenvalue weighted by atomic mass is 16.5. The van der Waals surface area contributed by atoms with Crippen LogP contribution in [0.25, 0.3) is 0 Å². The first-order valence-corrected chi connectivity index (χ1v) is 5.45. The molecule has 0 bridgehead atoms. The van der Waals surface area contributed by atoms with Crippen LogP contribution in [0.15, 0.2) is 12.2 Å². The summed E-state index contributed by atoms with van der Waals surface area (Å²) in [5.41, 5.74) is 5.03. The Morgan fingerprint density at radius 1 is 1.50 bits per heavy atom. The van der Waals surface area contributed by atoms with Crippen molar-refractivity contribution in [3.05, 3.63) is 12.2 Å². The number of unbranched alkanes of at least 4 members (excludes halogenated alkanes) is 2. The molecule has 0 aliphatic carbocycles. The molecule has 5 nitrogen and oxygen atoms in total. The normalized spacial score (nSPS) is 19.4. The Labute approximate surface area is 95.2 Å². The molecule has 0 fully saturated rings. The summed E-state index contributed by atoms with van der Waals surface area (Å²) in [6.07, 6.45) is 5.98. The van der Waals surface area contributed by atoms with E-state index in [0.717, 1.165) is 19.3 Å². The van der Waals surface area contributed by atoms with E-state index in [4.69, 9.17) is 10.5 Å². The Hall–Kier alpha value is -1.36. The highest BCUT2D eigenvalue weighted by Gasteiger charge is 2.24. The summed E-state index contributed by atoms with van der Waals surface area (Å²) < 4.78 is 5.13. The van der Waals surface area contributed by atoms with E-state index in [-0.39, 0.29) is 18.0 Å². The molecule has 2 amide bonds. The van der Waals surface area contributed by atoms with Crippen LogP contribution in [0.3, 0.4) is 0 Å². The van der Waals surface area contributed by atoms with Gasteiger partial charge in [-0.15, -0.1) is 0 Å². The molecule has 5 heteroatoms. The zero-order valence-electron chi connectivity index (χ0n) is 9.52. The second-order valence-electron chi connectivity index (χ2n) is 3.79. The van der Waals surface area contributed by atoms with Gasteiger partial charge in [0.15, 0.2) is 6.23 Å². The molecule has 90 valence electrons. The van der Waals surface area contributed by atoms with E-state index >= 15 is 0 Å². The number of hydrogen-bond donors (Lipinski definition) is 1. The number of hydrogen-bond acceptors (Lipinski definition) is 3. The minimum Gasteiger partial charge on any atom is -0.370 e. The Bertz CT molecular complexity index is 289. The quantitative estimate of drug-likeness (QED) is 0.639. The fourth-order valence-electron chi connectivity index (χ4n) is 1.69. The highest BCUT2D eigenvalue weighted by Crippen LogP contribution is 2.13. The third-order valence-electron chi connectivity index (χ3n) is 2.56. The molecule has 0 spiro atoms. The predicted molar refractivity (Wildman–Crippen MR) is 59.3 cm³/mol. The fraction of sp³-hybridized carbons (Fsp3) is 0.636. The van der Waals surface area contributed by atoms with Crippen LogP contribution in [0, 0.1) is 0 Å². The zero-order chi connectivity index (χ0) is 12.0. The van der Waals surface area contributed by atoms with Crippen LogP contribution >= 0.6 is 0 Å². The maximum absolute atomic E-state index is 11.4. The maximum atomic E-state index is 11.4. The summed E-state index contributed by atoms with van der Waals surface area (Å²) in [7, 11) is 1.58. The van der Waals surface area contributed by atoms with Crippen molar-refractivity contribution in [2.45, 2.75) is 31.9 Å².